The fraction of sp³-hybridized carbons (Fsp3) is 0.316. The standard InChI is InChI=1S/C19H20N2OS/c1-14-8-11-20(12-9-14)19(22)17-6-7-18(23-17)21-13-10-15-4-2-3-5-16(15)21/h2-7,10,13-14H,8-9,11-12H2,1H3. The van der Waals surface area contributed by atoms with Crippen molar-refractivity contribution in [3.63, 3.8) is 0 Å². The zero-order valence-corrected chi connectivity index (χ0v) is 14.1. The van der Waals surface area contributed by atoms with Crippen LogP contribution < -0.4 is 0 Å². The first-order valence-corrected chi connectivity index (χ1v) is 8.99. The molecule has 3 aromatic rings. The summed E-state index contributed by atoms with van der Waals surface area (Å²) in [6.07, 6.45) is 4.31. The van der Waals surface area contributed by atoms with Crippen molar-refractivity contribution in [3.05, 3.63) is 53.5 Å². The molecule has 0 radical (unpaired) electrons. The molecule has 3 nitrogen and oxygen atoms in total. The topological polar surface area (TPSA) is 25.2 Å². The van der Waals surface area contributed by atoms with Crippen LogP contribution in [0.1, 0.15) is 29.4 Å². The molecule has 4 rings (SSSR count). The van der Waals surface area contributed by atoms with Crippen LogP contribution in [-0.4, -0.2) is 28.5 Å². The third-order valence-electron chi connectivity index (χ3n) is 4.71. The number of nitrogens with zero attached hydrogens (tertiary/aromatic N) is 2. The van der Waals surface area contributed by atoms with E-state index in [2.05, 4.69) is 42.0 Å². The van der Waals surface area contributed by atoms with E-state index in [1.807, 2.05) is 23.1 Å². The van der Waals surface area contributed by atoms with Gasteiger partial charge in [0.15, 0.2) is 0 Å². The van der Waals surface area contributed by atoms with Gasteiger partial charge >= 0.3 is 0 Å². The Kier molecular flexibility index (Phi) is 3.69. The number of benzene rings is 1. The van der Waals surface area contributed by atoms with Gasteiger partial charge in [0.1, 0.15) is 5.00 Å². The van der Waals surface area contributed by atoms with Crippen molar-refractivity contribution in [3.8, 4) is 5.00 Å². The summed E-state index contributed by atoms with van der Waals surface area (Å²) in [6.45, 7) is 4.04. The molecule has 3 heterocycles. The maximum Gasteiger partial charge on any atom is 0.263 e. The molecule has 1 amide bonds. The van der Waals surface area contributed by atoms with Crippen LogP contribution in [0.2, 0.25) is 0 Å². The van der Waals surface area contributed by atoms with Gasteiger partial charge in [-0.15, -0.1) is 11.3 Å². The molecule has 0 spiro atoms. The predicted molar refractivity (Wildman–Crippen MR) is 95.5 cm³/mol. The Morgan fingerprint density at radius 3 is 2.70 bits per heavy atom. The Morgan fingerprint density at radius 1 is 1.09 bits per heavy atom. The molecule has 118 valence electrons. The van der Waals surface area contributed by atoms with Crippen molar-refractivity contribution >= 4 is 28.1 Å². The molecule has 0 N–H and O–H groups in total. The molecule has 23 heavy (non-hydrogen) atoms. The van der Waals surface area contributed by atoms with Crippen LogP contribution in [0.5, 0.6) is 0 Å². The number of piperidine rings is 1. The second-order valence-electron chi connectivity index (χ2n) is 6.36. The maximum atomic E-state index is 12.7. The van der Waals surface area contributed by atoms with Crippen molar-refractivity contribution in [1.29, 1.82) is 0 Å². The first-order chi connectivity index (χ1) is 11.2. The van der Waals surface area contributed by atoms with Gasteiger partial charge in [0.05, 0.1) is 10.4 Å². The van der Waals surface area contributed by atoms with Crippen LogP contribution in [0.15, 0.2) is 48.7 Å². The van der Waals surface area contributed by atoms with Gasteiger partial charge in [0.25, 0.3) is 5.91 Å². The van der Waals surface area contributed by atoms with Crippen LogP contribution >= 0.6 is 11.3 Å². The van der Waals surface area contributed by atoms with Gasteiger partial charge in [-0.25, -0.2) is 0 Å². The van der Waals surface area contributed by atoms with Gasteiger partial charge in [0.2, 0.25) is 0 Å². The first kappa shape index (κ1) is 14.5. The molecule has 1 aliphatic rings. The summed E-state index contributed by atoms with van der Waals surface area (Å²) in [4.78, 5) is 15.5. The minimum atomic E-state index is 0.185. The quantitative estimate of drug-likeness (QED) is 0.678. The zero-order valence-electron chi connectivity index (χ0n) is 13.2. The smallest absolute Gasteiger partial charge is 0.263 e. The molecule has 0 unspecified atom stereocenters. The third-order valence-corrected chi connectivity index (χ3v) is 5.78. The second-order valence-corrected chi connectivity index (χ2v) is 7.42. The zero-order chi connectivity index (χ0) is 15.8. The largest absolute Gasteiger partial charge is 0.338 e. The average Bonchev–Trinajstić information content (AvgIpc) is 3.21. The fourth-order valence-electron chi connectivity index (χ4n) is 3.21. The van der Waals surface area contributed by atoms with Crippen molar-refractivity contribution in [2.75, 3.05) is 13.1 Å². The van der Waals surface area contributed by atoms with Gasteiger partial charge in [-0.2, -0.15) is 0 Å². The highest BCUT2D eigenvalue weighted by Crippen LogP contribution is 2.28. The van der Waals surface area contributed by atoms with Gasteiger partial charge in [-0.1, -0.05) is 25.1 Å². The minimum Gasteiger partial charge on any atom is -0.338 e. The number of likely N-dealkylation sites (tertiary alicyclic amines) is 1. The molecule has 0 aliphatic carbocycles. The van der Waals surface area contributed by atoms with Gasteiger partial charge < -0.3 is 9.47 Å². The van der Waals surface area contributed by atoms with Crippen molar-refractivity contribution in [1.82, 2.24) is 9.47 Å². The van der Waals surface area contributed by atoms with Crippen LogP contribution in [-0.2, 0) is 0 Å². The summed E-state index contributed by atoms with van der Waals surface area (Å²) in [5, 5.41) is 2.32. The number of amides is 1. The van der Waals surface area contributed by atoms with E-state index >= 15 is 0 Å². The number of fused-ring (bicyclic) bond motifs is 1. The number of rotatable bonds is 2. The Balaban J connectivity index is 1.60. The normalized spacial score (nSPS) is 16.1. The molecule has 0 atom stereocenters. The van der Waals surface area contributed by atoms with E-state index in [0.29, 0.717) is 0 Å². The van der Waals surface area contributed by atoms with E-state index < -0.39 is 0 Å². The lowest BCUT2D eigenvalue weighted by atomic mass is 9.99. The number of carbonyl (C=O) groups excluding carboxylic acids is 1. The predicted octanol–water partition coefficient (Wildman–Crippen LogP) is 4.56. The number of carbonyl (C=O) groups is 1. The summed E-state index contributed by atoms with van der Waals surface area (Å²) in [6, 6.07) is 14.5. The molecular formula is C19H20N2OS. The number of para-hydroxylation sites is 1. The van der Waals surface area contributed by atoms with Gasteiger partial charge in [-0.3, -0.25) is 4.79 Å². The highest BCUT2D eigenvalue weighted by molar-refractivity contribution is 7.16. The van der Waals surface area contributed by atoms with Crippen molar-refractivity contribution in [2.24, 2.45) is 5.92 Å². The third kappa shape index (κ3) is 2.68. The minimum absolute atomic E-state index is 0.185. The highest BCUT2D eigenvalue weighted by Gasteiger charge is 2.22. The number of hydrogen-bond acceptors (Lipinski definition) is 2. The van der Waals surface area contributed by atoms with E-state index in [1.165, 1.54) is 10.9 Å². The van der Waals surface area contributed by atoms with E-state index in [0.717, 1.165) is 41.7 Å². The van der Waals surface area contributed by atoms with Crippen LogP contribution in [0.4, 0.5) is 0 Å². The lowest BCUT2D eigenvalue weighted by molar-refractivity contribution is 0.0702. The van der Waals surface area contributed by atoms with Gasteiger partial charge in [0, 0.05) is 19.3 Å². The summed E-state index contributed by atoms with van der Waals surface area (Å²) < 4.78 is 2.16. The molecule has 1 fully saturated rings. The number of aromatic nitrogens is 1. The summed E-state index contributed by atoms with van der Waals surface area (Å²) in [5.74, 6) is 0.925. The molecule has 1 aromatic carbocycles. The SMILES string of the molecule is CC1CCN(C(=O)c2ccc(-n3ccc4ccccc43)s2)CC1. The lowest BCUT2D eigenvalue weighted by Crippen LogP contribution is -2.37. The van der Waals surface area contributed by atoms with Crippen molar-refractivity contribution < 1.29 is 4.79 Å². The average molecular weight is 324 g/mol. The second kappa shape index (κ2) is 5.85. The molecule has 1 aliphatic heterocycles. The molecule has 4 heteroatoms. The van der Waals surface area contributed by atoms with Crippen LogP contribution in [0.25, 0.3) is 15.9 Å². The van der Waals surface area contributed by atoms with Crippen LogP contribution in [0, 0.1) is 5.92 Å². The van der Waals surface area contributed by atoms with Crippen LogP contribution in [0.3, 0.4) is 0 Å². The Morgan fingerprint density at radius 2 is 1.87 bits per heavy atom. The molecular weight excluding hydrogens is 304 g/mol. The van der Waals surface area contributed by atoms with E-state index in [4.69, 9.17) is 0 Å². The van der Waals surface area contributed by atoms with E-state index in [9.17, 15) is 4.79 Å². The molecule has 0 bridgehead atoms. The molecule has 2 aromatic heterocycles. The summed E-state index contributed by atoms with van der Waals surface area (Å²) in [5.41, 5.74) is 1.18. The summed E-state index contributed by atoms with van der Waals surface area (Å²) >= 11 is 1.58. The number of hydrogen-bond donors (Lipinski definition) is 0. The van der Waals surface area contributed by atoms with E-state index in [-0.39, 0.29) is 5.91 Å². The Hall–Kier alpha value is -2.07. The van der Waals surface area contributed by atoms with E-state index in [1.54, 1.807) is 11.3 Å². The summed E-state index contributed by atoms with van der Waals surface area (Å²) in [7, 11) is 0. The Labute approximate surface area is 140 Å². The maximum absolute atomic E-state index is 12.7. The number of thiophene rings is 1. The lowest BCUT2D eigenvalue weighted by Gasteiger charge is -2.29. The first-order valence-electron chi connectivity index (χ1n) is 8.18. The van der Waals surface area contributed by atoms with Gasteiger partial charge in [-0.05, 0) is 48.4 Å². The highest BCUT2D eigenvalue weighted by atomic mass is 32.1. The van der Waals surface area contributed by atoms with Crippen molar-refractivity contribution in [2.45, 2.75) is 19.8 Å². The monoisotopic (exact) mass is 324 g/mol. The molecule has 1 saturated heterocycles. The fourth-order valence-corrected chi connectivity index (χ4v) is 4.19. The Bertz CT molecular complexity index is 840. The molecule has 0 saturated carbocycles.